The first-order valence-electron chi connectivity index (χ1n) is 4.82. The Morgan fingerprint density at radius 3 is 2.69 bits per heavy atom. The van der Waals surface area contributed by atoms with Crippen LogP contribution in [-0.2, 0) is 9.22 Å². The number of nitro groups is 1. The lowest BCUT2D eigenvalue weighted by molar-refractivity contribution is -0.637. The summed E-state index contributed by atoms with van der Waals surface area (Å²) in [6.07, 6.45) is 4.30. The molecule has 0 bridgehead atoms. The fourth-order valence-electron chi connectivity index (χ4n) is 1.12. The van der Waals surface area contributed by atoms with Gasteiger partial charge in [-0.15, -0.1) is 0 Å². The van der Waals surface area contributed by atoms with Crippen LogP contribution in [-0.4, -0.2) is 30.9 Å². The van der Waals surface area contributed by atoms with E-state index in [0.29, 0.717) is 0 Å². The van der Waals surface area contributed by atoms with Crippen LogP contribution < -0.4 is 0 Å². The summed E-state index contributed by atoms with van der Waals surface area (Å²) in [6, 6.07) is 0. The van der Waals surface area contributed by atoms with E-state index in [1.807, 2.05) is 19.6 Å². The van der Waals surface area contributed by atoms with E-state index in [1.165, 1.54) is 6.20 Å². The van der Waals surface area contributed by atoms with Crippen LogP contribution in [0.1, 0.15) is 0 Å². The summed E-state index contributed by atoms with van der Waals surface area (Å²) in [5.41, 5.74) is 0.213. The minimum absolute atomic E-state index is 0.163. The third kappa shape index (κ3) is 3.50. The van der Waals surface area contributed by atoms with E-state index >= 15 is 0 Å². The smallest absolute Gasteiger partial charge is 0.326 e. The maximum absolute atomic E-state index is 11.6. The molecule has 0 saturated heterocycles. The van der Waals surface area contributed by atoms with Crippen molar-refractivity contribution in [2.24, 2.45) is 0 Å². The first-order chi connectivity index (χ1) is 7.29. The van der Waals surface area contributed by atoms with Crippen LogP contribution in [0, 0.1) is 10.1 Å². The van der Waals surface area contributed by atoms with Gasteiger partial charge in [0.05, 0.1) is 11.8 Å². The summed E-state index contributed by atoms with van der Waals surface area (Å²) in [5.74, 6) is -0.498. The Morgan fingerprint density at radius 1 is 1.56 bits per heavy atom. The highest BCUT2D eigenvalue weighted by atomic mass is 28.4. The Labute approximate surface area is 94.4 Å². The summed E-state index contributed by atoms with van der Waals surface area (Å²) < 4.78 is 5.24. The Hall–Kier alpha value is -1.63. The van der Waals surface area contributed by atoms with Crippen molar-refractivity contribution in [1.82, 2.24) is 5.01 Å². The highest BCUT2D eigenvalue weighted by molar-refractivity contribution is 6.71. The lowest BCUT2D eigenvalue weighted by atomic mass is 10.2. The first kappa shape index (κ1) is 12.4. The molecule has 0 fully saturated rings. The van der Waals surface area contributed by atoms with E-state index in [4.69, 9.17) is 4.43 Å². The second-order valence-corrected chi connectivity index (χ2v) is 8.78. The average molecular weight is 242 g/mol. The highest BCUT2D eigenvalue weighted by Gasteiger charge is 2.24. The van der Waals surface area contributed by atoms with Gasteiger partial charge in [-0.05, 0) is 25.7 Å². The molecule has 0 aromatic heterocycles. The molecule has 1 aliphatic rings. The first-order valence-corrected chi connectivity index (χ1v) is 8.23. The van der Waals surface area contributed by atoms with Gasteiger partial charge in [0.15, 0.2) is 5.03 Å². The quantitative estimate of drug-likeness (QED) is 0.424. The van der Waals surface area contributed by atoms with Gasteiger partial charge in [-0.25, -0.2) is 14.9 Å². The number of carbonyl (C=O) groups excluding carboxylic acids is 1. The van der Waals surface area contributed by atoms with E-state index in [1.54, 1.807) is 12.2 Å². The molecule has 0 unspecified atom stereocenters. The number of carbonyl (C=O) groups is 1. The second kappa shape index (κ2) is 4.48. The van der Waals surface area contributed by atoms with Crippen molar-refractivity contribution in [2.75, 3.05) is 6.54 Å². The normalized spacial score (nSPS) is 15.7. The van der Waals surface area contributed by atoms with Crippen molar-refractivity contribution in [3.05, 3.63) is 34.0 Å². The summed E-state index contributed by atoms with van der Waals surface area (Å²) in [7, 11) is -1.97. The van der Waals surface area contributed by atoms with E-state index in [-0.39, 0.29) is 12.1 Å². The molecule has 88 valence electrons. The molecule has 0 radical (unpaired) electrons. The molecule has 0 saturated carbocycles. The molecule has 1 rings (SSSR count). The van der Waals surface area contributed by atoms with Crippen molar-refractivity contribution in [2.45, 2.75) is 19.6 Å². The number of hydrogen-bond acceptors (Lipinski definition) is 4. The molecular formula is C9H14N2O4Si. The minimum atomic E-state index is -1.97. The number of hydrazine groups is 1. The minimum Gasteiger partial charge on any atom is -0.516 e. The SMILES string of the molecule is C[Si](C)(C)OC(=O)C1=CN([N+](=O)[O-])CC=C1. The molecular weight excluding hydrogens is 228 g/mol. The van der Waals surface area contributed by atoms with Gasteiger partial charge >= 0.3 is 5.97 Å². The molecule has 0 atom stereocenters. The van der Waals surface area contributed by atoms with Crippen LogP contribution in [0.15, 0.2) is 23.9 Å². The Morgan fingerprint density at radius 2 is 2.19 bits per heavy atom. The molecule has 0 aromatic carbocycles. The fraction of sp³-hybridized carbons (Fsp3) is 0.444. The Bertz CT molecular complexity index is 370. The second-order valence-electron chi connectivity index (χ2n) is 4.35. The monoisotopic (exact) mass is 242 g/mol. The van der Waals surface area contributed by atoms with Crippen LogP contribution in [0.2, 0.25) is 19.6 Å². The number of rotatable bonds is 3. The van der Waals surface area contributed by atoms with Crippen LogP contribution in [0.5, 0.6) is 0 Å². The van der Waals surface area contributed by atoms with Crippen molar-refractivity contribution in [3.8, 4) is 0 Å². The van der Waals surface area contributed by atoms with Gasteiger partial charge < -0.3 is 4.43 Å². The topological polar surface area (TPSA) is 72.7 Å². The van der Waals surface area contributed by atoms with Gasteiger partial charge in [-0.3, -0.25) is 0 Å². The summed E-state index contributed by atoms with van der Waals surface area (Å²) in [6.45, 7) is 5.80. The summed E-state index contributed by atoms with van der Waals surface area (Å²) in [5, 5.41) is 10.8. The maximum Gasteiger partial charge on any atom is 0.326 e. The van der Waals surface area contributed by atoms with Crippen molar-refractivity contribution < 1.29 is 14.3 Å². The zero-order valence-electron chi connectivity index (χ0n) is 9.47. The van der Waals surface area contributed by atoms with Gasteiger partial charge in [0.25, 0.3) is 0 Å². The van der Waals surface area contributed by atoms with Crippen LogP contribution in [0.4, 0.5) is 0 Å². The van der Waals surface area contributed by atoms with E-state index in [0.717, 1.165) is 5.01 Å². The van der Waals surface area contributed by atoms with Gasteiger partial charge in [-0.2, -0.15) is 0 Å². The van der Waals surface area contributed by atoms with Crippen LogP contribution in [0.25, 0.3) is 0 Å². The predicted octanol–water partition coefficient (Wildman–Crippen LogP) is 1.31. The maximum atomic E-state index is 11.6. The van der Waals surface area contributed by atoms with Crippen LogP contribution >= 0.6 is 0 Å². The molecule has 6 nitrogen and oxygen atoms in total. The molecule has 0 N–H and O–H groups in total. The van der Waals surface area contributed by atoms with Crippen molar-refractivity contribution in [1.29, 1.82) is 0 Å². The molecule has 0 amide bonds. The molecule has 0 spiro atoms. The fourth-order valence-corrected chi connectivity index (χ4v) is 1.79. The third-order valence-electron chi connectivity index (χ3n) is 1.72. The van der Waals surface area contributed by atoms with Crippen molar-refractivity contribution in [3.63, 3.8) is 0 Å². The number of hydrogen-bond donors (Lipinski definition) is 0. The average Bonchev–Trinajstić information content (AvgIpc) is 2.15. The Balaban J connectivity index is 2.76. The van der Waals surface area contributed by atoms with Gasteiger partial charge in [-0.1, -0.05) is 11.1 Å². The lowest BCUT2D eigenvalue weighted by Crippen LogP contribution is -2.32. The van der Waals surface area contributed by atoms with E-state index in [9.17, 15) is 14.9 Å². The van der Waals surface area contributed by atoms with Gasteiger partial charge in [0.2, 0.25) is 8.32 Å². The molecule has 0 aromatic rings. The summed E-state index contributed by atoms with van der Waals surface area (Å²) >= 11 is 0. The zero-order valence-corrected chi connectivity index (χ0v) is 10.5. The summed E-state index contributed by atoms with van der Waals surface area (Å²) in [4.78, 5) is 22.1. The molecule has 16 heavy (non-hydrogen) atoms. The molecule has 1 aliphatic heterocycles. The largest absolute Gasteiger partial charge is 0.516 e. The van der Waals surface area contributed by atoms with Crippen LogP contribution in [0.3, 0.4) is 0 Å². The highest BCUT2D eigenvalue weighted by Crippen LogP contribution is 2.13. The molecule has 7 heteroatoms. The van der Waals surface area contributed by atoms with E-state index < -0.39 is 19.3 Å². The lowest BCUT2D eigenvalue weighted by Gasteiger charge is -2.19. The van der Waals surface area contributed by atoms with Gasteiger partial charge in [0, 0.05) is 0 Å². The standard InChI is InChI=1S/C9H14N2O4Si/c1-16(2,3)15-9(12)8-5-4-6-10(7-8)11(13)14/h4-5,7H,6H2,1-3H3. The zero-order chi connectivity index (χ0) is 12.3. The molecule has 1 heterocycles. The van der Waals surface area contributed by atoms with Gasteiger partial charge in [0.1, 0.15) is 6.54 Å². The Kier molecular flexibility index (Phi) is 3.48. The predicted molar refractivity (Wildman–Crippen MR) is 60.4 cm³/mol. The third-order valence-corrected chi connectivity index (χ3v) is 2.52. The number of nitrogens with zero attached hydrogens (tertiary/aromatic N) is 2. The molecule has 0 aliphatic carbocycles. The van der Waals surface area contributed by atoms with Crippen molar-refractivity contribution >= 4 is 14.3 Å². The van der Waals surface area contributed by atoms with E-state index in [2.05, 4.69) is 0 Å².